The van der Waals surface area contributed by atoms with Gasteiger partial charge >= 0.3 is 0 Å². The molecule has 0 saturated carbocycles. The van der Waals surface area contributed by atoms with Crippen LogP contribution in [0.1, 0.15) is 12.6 Å². The summed E-state index contributed by atoms with van der Waals surface area (Å²) in [4.78, 5) is 8.48. The number of ether oxygens (including phenoxy) is 1. The van der Waals surface area contributed by atoms with Crippen molar-refractivity contribution in [3.05, 3.63) is 18.7 Å². The van der Waals surface area contributed by atoms with Crippen LogP contribution in [0.25, 0.3) is 16.8 Å². The molecule has 1 aliphatic rings. The van der Waals surface area contributed by atoms with Crippen LogP contribution in [0.4, 0.5) is 0 Å². The van der Waals surface area contributed by atoms with Gasteiger partial charge in [0.25, 0.3) is 0 Å². The molecule has 1 aliphatic heterocycles. The molecule has 0 spiro atoms. The van der Waals surface area contributed by atoms with Crippen molar-refractivity contribution >= 4 is 16.8 Å². The largest absolute Gasteiger partial charge is 0.394 e. The summed E-state index contributed by atoms with van der Waals surface area (Å²) in [6, 6.07) is 0. The summed E-state index contributed by atoms with van der Waals surface area (Å²) in [5.41, 5.74) is 1.78. The molecule has 0 aromatic carbocycles. The molecule has 3 aromatic heterocycles. The van der Waals surface area contributed by atoms with Crippen LogP contribution in [0.5, 0.6) is 0 Å². The number of aromatic nitrogens is 6. The minimum atomic E-state index is -0.703. The Labute approximate surface area is 112 Å². The Morgan fingerprint density at radius 2 is 2.25 bits per heavy atom. The van der Waals surface area contributed by atoms with Crippen molar-refractivity contribution in [3.63, 3.8) is 0 Å². The second-order valence-corrected chi connectivity index (χ2v) is 4.72. The highest BCUT2D eigenvalue weighted by molar-refractivity contribution is 5.84. The topological polar surface area (TPSA) is 111 Å². The predicted molar refractivity (Wildman–Crippen MR) is 65.7 cm³/mol. The number of aliphatic hydroxyl groups is 2. The monoisotopic (exact) mass is 276 g/mol. The molecule has 9 heteroatoms. The molecule has 0 unspecified atom stereocenters. The van der Waals surface area contributed by atoms with Crippen LogP contribution < -0.4 is 0 Å². The van der Waals surface area contributed by atoms with E-state index in [0.29, 0.717) is 23.2 Å². The molecule has 3 atom stereocenters. The third-order valence-corrected chi connectivity index (χ3v) is 3.53. The predicted octanol–water partition coefficient (Wildman–Crippen LogP) is -0.885. The molecule has 4 heterocycles. The zero-order chi connectivity index (χ0) is 13.7. The Morgan fingerprint density at radius 1 is 1.35 bits per heavy atom. The van der Waals surface area contributed by atoms with E-state index in [9.17, 15) is 5.11 Å². The standard InChI is InChI=1S/C11H12N6O3/c18-4-7-6(19)3-8(20-7)16-5-13-9-10-12-1-2-17(10)15-14-11(9)16/h1-2,5-8,18-19H,3-4H2/t6-,7-,8-/m1/s1. The molecule has 0 bridgehead atoms. The molecule has 9 nitrogen and oxygen atoms in total. The van der Waals surface area contributed by atoms with Gasteiger partial charge in [-0.3, -0.25) is 4.57 Å². The summed E-state index contributed by atoms with van der Waals surface area (Å²) in [6.45, 7) is -0.222. The second-order valence-electron chi connectivity index (χ2n) is 4.72. The molecule has 3 aromatic rings. The van der Waals surface area contributed by atoms with Crippen LogP contribution in [0, 0.1) is 0 Å². The van der Waals surface area contributed by atoms with Crippen LogP contribution in [0.15, 0.2) is 18.7 Å². The number of hydrogen-bond acceptors (Lipinski definition) is 7. The van der Waals surface area contributed by atoms with Crippen molar-refractivity contribution in [1.29, 1.82) is 0 Å². The Bertz CT molecular complexity index is 768. The Kier molecular flexibility index (Phi) is 2.46. The smallest absolute Gasteiger partial charge is 0.190 e. The number of nitrogens with zero attached hydrogens (tertiary/aromatic N) is 6. The lowest BCUT2D eigenvalue weighted by molar-refractivity contribution is -0.0432. The number of fused-ring (bicyclic) bond motifs is 3. The number of imidazole rings is 2. The van der Waals surface area contributed by atoms with Crippen LogP contribution in [0.2, 0.25) is 0 Å². The first-order valence-electron chi connectivity index (χ1n) is 6.25. The highest BCUT2D eigenvalue weighted by atomic mass is 16.5. The van der Waals surface area contributed by atoms with Crippen molar-refractivity contribution in [2.45, 2.75) is 24.9 Å². The second kappa shape index (κ2) is 4.20. The molecule has 2 N–H and O–H groups in total. The first-order valence-corrected chi connectivity index (χ1v) is 6.25. The summed E-state index contributed by atoms with van der Waals surface area (Å²) in [6.07, 6.45) is 3.58. The van der Waals surface area contributed by atoms with E-state index in [-0.39, 0.29) is 6.61 Å². The zero-order valence-electron chi connectivity index (χ0n) is 10.4. The molecule has 104 valence electrons. The first kappa shape index (κ1) is 11.7. The van der Waals surface area contributed by atoms with E-state index in [0.717, 1.165) is 0 Å². The Hall–Kier alpha value is -2.10. The van der Waals surface area contributed by atoms with Crippen LogP contribution in [-0.2, 0) is 4.74 Å². The van der Waals surface area contributed by atoms with E-state index in [4.69, 9.17) is 9.84 Å². The van der Waals surface area contributed by atoms with Gasteiger partial charge in [-0.1, -0.05) is 5.21 Å². The normalized spacial score (nSPS) is 26.8. The van der Waals surface area contributed by atoms with E-state index >= 15 is 0 Å². The van der Waals surface area contributed by atoms with E-state index in [1.165, 1.54) is 0 Å². The fourth-order valence-electron chi connectivity index (χ4n) is 2.50. The zero-order valence-corrected chi connectivity index (χ0v) is 10.4. The third kappa shape index (κ3) is 1.54. The van der Waals surface area contributed by atoms with Crippen molar-refractivity contribution in [2.24, 2.45) is 0 Å². The minimum absolute atomic E-state index is 0.222. The minimum Gasteiger partial charge on any atom is -0.394 e. The van der Waals surface area contributed by atoms with Gasteiger partial charge in [0.15, 0.2) is 16.8 Å². The molecule has 20 heavy (non-hydrogen) atoms. The van der Waals surface area contributed by atoms with E-state index < -0.39 is 18.4 Å². The van der Waals surface area contributed by atoms with Gasteiger partial charge in [0.1, 0.15) is 12.3 Å². The molecule has 1 fully saturated rings. The molecule has 0 radical (unpaired) electrons. The number of aliphatic hydroxyl groups excluding tert-OH is 2. The van der Waals surface area contributed by atoms with Gasteiger partial charge in [0.05, 0.1) is 25.2 Å². The molecule has 0 amide bonds. The van der Waals surface area contributed by atoms with Gasteiger partial charge in [0.2, 0.25) is 0 Å². The Morgan fingerprint density at radius 3 is 3.05 bits per heavy atom. The average Bonchev–Trinajstić information content (AvgIpc) is 3.13. The van der Waals surface area contributed by atoms with Gasteiger partial charge < -0.3 is 14.9 Å². The lowest BCUT2D eigenvalue weighted by atomic mass is 10.2. The Balaban J connectivity index is 1.81. The van der Waals surface area contributed by atoms with Gasteiger partial charge in [-0.25, -0.2) is 14.5 Å². The number of rotatable bonds is 2. The van der Waals surface area contributed by atoms with E-state index in [2.05, 4.69) is 20.3 Å². The molecule has 1 saturated heterocycles. The average molecular weight is 276 g/mol. The van der Waals surface area contributed by atoms with Crippen molar-refractivity contribution in [3.8, 4) is 0 Å². The summed E-state index contributed by atoms with van der Waals surface area (Å²) in [7, 11) is 0. The van der Waals surface area contributed by atoms with E-state index in [1.807, 2.05) is 0 Å². The molecular formula is C11H12N6O3. The summed E-state index contributed by atoms with van der Waals surface area (Å²) >= 11 is 0. The molecule has 0 aliphatic carbocycles. The lowest BCUT2D eigenvalue weighted by Gasteiger charge is -2.13. The maximum absolute atomic E-state index is 9.80. The summed E-state index contributed by atoms with van der Waals surface area (Å²) in [5, 5.41) is 27.0. The van der Waals surface area contributed by atoms with Crippen molar-refractivity contribution in [2.75, 3.05) is 6.61 Å². The number of hydrogen-bond donors (Lipinski definition) is 2. The quantitative estimate of drug-likeness (QED) is 0.625. The summed E-state index contributed by atoms with van der Waals surface area (Å²) < 4.78 is 8.84. The molecular weight excluding hydrogens is 264 g/mol. The van der Waals surface area contributed by atoms with Crippen molar-refractivity contribution < 1.29 is 14.9 Å². The maximum atomic E-state index is 9.80. The van der Waals surface area contributed by atoms with E-state index in [1.54, 1.807) is 27.8 Å². The van der Waals surface area contributed by atoms with Gasteiger partial charge in [-0.15, -0.1) is 5.10 Å². The lowest BCUT2D eigenvalue weighted by Crippen LogP contribution is -2.24. The maximum Gasteiger partial charge on any atom is 0.190 e. The first-order chi connectivity index (χ1) is 9.78. The van der Waals surface area contributed by atoms with Crippen LogP contribution in [0.3, 0.4) is 0 Å². The highest BCUT2D eigenvalue weighted by Gasteiger charge is 2.35. The van der Waals surface area contributed by atoms with Gasteiger partial charge in [0, 0.05) is 12.6 Å². The van der Waals surface area contributed by atoms with Crippen LogP contribution >= 0.6 is 0 Å². The fourth-order valence-corrected chi connectivity index (χ4v) is 2.50. The highest BCUT2D eigenvalue weighted by Crippen LogP contribution is 2.30. The van der Waals surface area contributed by atoms with Gasteiger partial charge in [-0.05, 0) is 0 Å². The molecule has 4 rings (SSSR count). The van der Waals surface area contributed by atoms with Gasteiger partial charge in [-0.2, -0.15) is 0 Å². The van der Waals surface area contributed by atoms with Crippen LogP contribution in [-0.4, -0.2) is 58.4 Å². The van der Waals surface area contributed by atoms with Crippen molar-refractivity contribution in [1.82, 2.24) is 29.4 Å². The third-order valence-electron chi connectivity index (χ3n) is 3.53. The SMILES string of the molecule is OC[C@H]1O[C@@H](n2cnc3c2nnn2ccnc32)C[C@H]1O. The fraction of sp³-hybridized carbons (Fsp3) is 0.455. The summed E-state index contributed by atoms with van der Waals surface area (Å²) in [5.74, 6) is 0.